The van der Waals surface area contributed by atoms with E-state index in [-0.39, 0.29) is 24.1 Å². The van der Waals surface area contributed by atoms with Gasteiger partial charge >= 0.3 is 0 Å². The van der Waals surface area contributed by atoms with E-state index in [2.05, 4.69) is 5.16 Å². The molecule has 1 heterocycles. The van der Waals surface area contributed by atoms with Crippen LogP contribution in [-0.2, 0) is 11.3 Å². The average molecular weight is 338 g/mol. The van der Waals surface area contributed by atoms with Gasteiger partial charge in [0.2, 0.25) is 5.91 Å². The summed E-state index contributed by atoms with van der Waals surface area (Å²) in [7, 11) is 1.70. The van der Waals surface area contributed by atoms with Crippen LogP contribution in [0.25, 0.3) is 0 Å². The molecular weight excluding hydrogens is 319 g/mol. The van der Waals surface area contributed by atoms with E-state index in [0.29, 0.717) is 17.9 Å². The number of halogens is 1. The van der Waals surface area contributed by atoms with Crippen LogP contribution < -0.4 is 0 Å². The lowest BCUT2D eigenvalue weighted by molar-refractivity contribution is -0.130. The molecule has 0 aliphatic carbocycles. The van der Waals surface area contributed by atoms with Gasteiger partial charge in [0.1, 0.15) is 5.82 Å². The molecule has 1 atom stereocenters. The predicted octanol–water partition coefficient (Wildman–Crippen LogP) is 3.99. The highest BCUT2D eigenvalue weighted by molar-refractivity contribution is 5.77. The molecule has 4 nitrogen and oxygen atoms in total. The number of nitrogens with zero attached hydrogens (tertiary/aromatic N) is 2. The Labute approximate surface area is 145 Å². The van der Waals surface area contributed by atoms with Crippen molar-refractivity contribution in [1.82, 2.24) is 10.1 Å². The van der Waals surface area contributed by atoms with Crippen molar-refractivity contribution in [2.75, 3.05) is 7.05 Å². The van der Waals surface area contributed by atoms with Gasteiger partial charge in [-0.05, 0) is 17.2 Å². The van der Waals surface area contributed by atoms with Gasteiger partial charge in [-0.15, -0.1) is 0 Å². The number of hydrogen-bond acceptors (Lipinski definition) is 3. The summed E-state index contributed by atoms with van der Waals surface area (Å²) in [5, 5.41) is 3.64. The molecule has 1 aromatic heterocycles. The van der Waals surface area contributed by atoms with Crippen LogP contribution in [0.4, 0.5) is 4.39 Å². The third kappa shape index (κ3) is 4.12. The Bertz CT molecular complexity index is 819. The van der Waals surface area contributed by atoms with Crippen molar-refractivity contribution in [2.45, 2.75) is 18.9 Å². The summed E-state index contributed by atoms with van der Waals surface area (Å²) in [5.74, 6) is -0.124. The van der Waals surface area contributed by atoms with Crippen molar-refractivity contribution in [3.05, 3.63) is 89.6 Å². The molecule has 25 heavy (non-hydrogen) atoms. The Hall–Kier alpha value is -2.95. The van der Waals surface area contributed by atoms with Crippen molar-refractivity contribution in [1.29, 1.82) is 0 Å². The van der Waals surface area contributed by atoms with E-state index in [0.717, 1.165) is 5.56 Å². The van der Waals surface area contributed by atoms with Crippen LogP contribution >= 0.6 is 0 Å². The van der Waals surface area contributed by atoms with E-state index in [9.17, 15) is 9.18 Å². The summed E-state index contributed by atoms with van der Waals surface area (Å²) in [6.45, 7) is 0.331. The van der Waals surface area contributed by atoms with E-state index in [4.69, 9.17) is 4.52 Å². The largest absolute Gasteiger partial charge is 0.360 e. The topological polar surface area (TPSA) is 46.3 Å². The van der Waals surface area contributed by atoms with Gasteiger partial charge in [0.25, 0.3) is 0 Å². The van der Waals surface area contributed by atoms with Gasteiger partial charge < -0.3 is 9.42 Å². The first kappa shape index (κ1) is 16.9. The van der Waals surface area contributed by atoms with Crippen LogP contribution in [-0.4, -0.2) is 23.0 Å². The minimum atomic E-state index is -0.341. The molecule has 128 valence electrons. The zero-order valence-corrected chi connectivity index (χ0v) is 13.9. The molecule has 0 spiro atoms. The SMILES string of the molecule is CN(Cc1ccno1)C(=O)C[C@@H](c1ccccc1)c1ccccc1F. The molecule has 0 fully saturated rings. The van der Waals surface area contributed by atoms with Gasteiger partial charge in [0, 0.05) is 25.5 Å². The summed E-state index contributed by atoms with van der Waals surface area (Å²) in [5.41, 5.74) is 1.43. The van der Waals surface area contributed by atoms with Gasteiger partial charge in [-0.2, -0.15) is 0 Å². The lowest BCUT2D eigenvalue weighted by Gasteiger charge is -2.22. The van der Waals surface area contributed by atoms with Crippen LogP contribution in [0.15, 0.2) is 71.4 Å². The van der Waals surface area contributed by atoms with E-state index >= 15 is 0 Å². The second kappa shape index (κ2) is 7.75. The Morgan fingerprint density at radius 3 is 2.52 bits per heavy atom. The number of carbonyl (C=O) groups is 1. The minimum absolute atomic E-state index is 0.0893. The monoisotopic (exact) mass is 338 g/mol. The second-order valence-corrected chi connectivity index (χ2v) is 5.92. The van der Waals surface area contributed by atoms with E-state index in [1.54, 1.807) is 42.4 Å². The Balaban J connectivity index is 1.83. The molecule has 0 saturated carbocycles. The van der Waals surface area contributed by atoms with Crippen molar-refractivity contribution in [3.8, 4) is 0 Å². The standard InChI is InChI=1S/C20H19FN2O2/c1-23(14-16-11-12-22-25-16)20(24)13-18(15-7-3-2-4-8-15)17-9-5-6-10-19(17)21/h2-12,18H,13-14H2,1H3/t18-/m0/s1. The summed E-state index contributed by atoms with van der Waals surface area (Å²) >= 11 is 0. The molecule has 0 radical (unpaired) electrons. The summed E-state index contributed by atoms with van der Waals surface area (Å²) in [6.07, 6.45) is 1.72. The third-order valence-electron chi connectivity index (χ3n) is 4.17. The lowest BCUT2D eigenvalue weighted by atomic mass is 9.88. The second-order valence-electron chi connectivity index (χ2n) is 5.92. The zero-order valence-electron chi connectivity index (χ0n) is 13.9. The highest BCUT2D eigenvalue weighted by Gasteiger charge is 2.23. The highest BCUT2D eigenvalue weighted by Crippen LogP contribution is 2.30. The first-order valence-corrected chi connectivity index (χ1v) is 8.08. The Morgan fingerprint density at radius 1 is 1.12 bits per heavy atom. The number of aromatic nitrogens is 1. The molecule has 2 aromatic carbocycles. The van der Waals surface area contributed by atoms with Crippen molar-refractivity contribution in [2.24, 2.45) is 0 Å². The number of benzene rings is 2. The molecular formula is C20H19FN2O2. The van der Waals surface area contributed by atoms with Crippen molar-refractivity contribution < 1.29 is 13.7 Å². The molecule has 5 heteroatoms. The number of hydrogen-bond donors (Lipinski definition) is 0. The zero-order chi connectivity index (χ0) is 17.6. The van der Waals surface area contributed by atoms with Gasteiger partial charge in [-0.25, -0.2) is 4.39 Å². The van der Waals surface area contributed by atoms with Crippen LogP contribution in [0, 0.1) is 5.82 Å². The summed E-state index contributed by atoms with van der Waals surface area (Å²) in [6, 6.07) is 17.8. The van der Waals surface area contributed by atoms with Gasteiger partial charge in [0.15, 0.2) is 5.76 Å². The number of rotatable bonds is 6. The van der Waals surface area contributed by atoms with Gasteiger partial charge in [-0.3, -0.25) is 4.79 Å². The minimum Gasteiger partial charge on any atom is -0.360 e. The fourth-order valence-electron chi connectivity index (χ4n) is 2.83. The molecule has 0 aliphatic heterocycles. The first-order valence-electron chi connectivity index (χ1n) is 8.08. The van der Waals surface area contributed by atoms with E-state index < -0.39 is 0 Å². The number of carbonyl (C=O) groups excluding carboxylic acids is 1. The molecule has 0 N–H and O–H groups in total. The molecule has 1 amide bonds. The van der Waals surface area contributed by atoms with Crippen molar-refractivity contribution >= 4 is 5.91 Å². The predicted molar refractivity (Wildman–Crippen MR) is 92.3 cm³/mol. The molecule has 3 rings (SSSR count). The van der Waals surface area contributed by atoms with Crippen LogP contribution in [0.3, 0.4) is 0 Å². The summed E-state index contributed by atoms with van der Waals surface area (Å²) < 4.78 is 19.4. The maximum atomic E-state index is 14.3. The average Bonchev–Trinajstić information content (AvgIpc) is 3.14. The fraction of sp³-hybridized carbons (Fsp3) is 0.200. The fourth-order valence-corrected chi connectivity index (χ4v) is 2.83. The maximum Gasteiger partial charge on any atom is 0.223 e. The molecule has 0 aliphatic rings. The van der Waals surface area contributed by atoms with Gasteiger partial charge in [-0.1, -0.05) is 53.7 Å². The summed E-state index contributed by atoms with van der Waals surface area (Å²) in [4.78, 5) is 14.2. The molecule has 0 saturated heterocycles. The normalized spacial score (nSPS) is 11.9. The third-order valence-corrected chi connectivity index (χ3v) is 4.17. The highest BCUT2D eigenvalue weighted by atomic mass is 19.1. The molecule has 0 bridgehead atoms. The smallest absolute Gasteiger partial charge is 0.223 e. The van der Waals surface area contributed by atoms with Crippen molar-refractivity contribution in [3.63, 3.8) is 0 Å². The number of amides is 1. The Morgan fingerprint density at radius 2 is 1.84 bits per heavy atom. The van der Waals surface area contributed by atoms with Gasteiger partial charge in [0.05, 0.1) is 12.7 Å². The maximum absolute atomic E-state index is 14.3. The van der Waals surface area contributed by atoms with E-state index in [1.807, 2.05) is 30.3 Å². The van der Waals surface area contributed by atoms with Crippen LogP contribution in [0.5, 0.6) is 0 Å². The van der Waals surface area contributed by atoms with Crippen LogP contribution in [0.1, 0.15) is 29.2 Å². The first-order chi connectivity index (χ1) is 12.1. The molecule has 0 unspecified atom stereocenters. The van der Waals surface area contributed by atoms with E-state index in [1.165, 1.54) is 6.07 Å². The molecule has 3 aromatic rings. The Kier molecular flexibility index (Phi) is 5.23. The quantitative estimate of drug-likeness (QED) is 0.682. The lowest BCUT2D eigenvalue weighted by Crippen LogP contribution is -2.28. The van der Waals surface area contributed by atoms with Crippen LogP contribution in [0.2, 0.25) is 0 Å².